The highest BCUT2D eigenvalue weighted by molar-refractivity contribution is 6.08. The zero-order valence-corrected chi connectivity index (χ0v) is 24.5. The van der Waals surface area contributed by atoms with Crippen LogP contribution in [0.1, 0.15) is 27.0 Å². The van der Waals surface area contributed by atoms with Crippen molar-refractivity contribution in [2.45, 2.75) is 32.5 Å². The van der Waals surface area contributed by atoms with Gasteiger partial charge in [-0.3, -0.25) is 4.79 Å². The van der Waals surface area contributed by atoms with E-state index >= 15 is 0 Å². The van der Waals surface area contributed by atoms with E-state index in [-0.39, 0.29) is 29.2 Å². The van der Waals surface area contributed by atoms with Crippen LogP contribution in [0.2, 0.25) is 0 Å². The lowest BCUT2D eigenvalue weighted by molar-refractivity contribution is -0.202. The molecule has 0 saturated carbocycles. The molecule has 1 atom stereocenters. The number of alkyl halides is 3. The standard InChI is InChI=1S/C31H29F3N4O7/c1-16-8-7-9-17(2)26(16)38-30(42)37-22-14-25(44-4)24(43-3)13-20(22)27(39)36-23(28(40)45-29(41)31(32,33)34)12-18-15-35-21-11-6-5-10-19(18)21/h5-11,13-15,23,35H,12H2,1-4H3,(H,36,39)(H2,37,38,42)/t23-/m0/s1. The number of carbonyl (C=O) groups excluding carboxylic acids is 4. The Balaban J connectivity index is 1.68. The second-order valence-corrected chi connectivity index (χ2v) is 9.89. The van der Waals surface area contributed by atoms with E-state index in [9.17, 15) is 32.3 Å². The van der Waals surface area contributed by atoms with Crippen LogP contribution in [0.5, 0.6) is 11.5 Å². The number of rotatable bonds is 9. The Morgan fingerprint density at radius 2 is 1.53 bits per heavy atom. The van der Waals surface area contributed by atoms with Gasteiger partial charge in [0, 0.05) is 35.3 Å². The second kappa shape index (κ2) is 13.4. The number of H-pyrrole nitrogens is 1. The van der Waals surface area contributed by atoms with Crippen molar-refractivity contribution in [3.63, 3.8) is 0 Å². The Morgan fingerprint density at radius 1 is 0.889 bits per heavy atom. The zero-order valence-electron chi connectivity index (χ0n) is 24.5. The summed E-state index contributed by atoms with van der Waals surface area (Å²) < 4.78 is 53.5. The van der Waals surface area contributed by atoms with Gasteiger partial charge in [0.15, 0.2) is 11.5 Å². The van der Waals surface area contributed by atoms with E-state index < -0.39 is 36.1 Å². The fourth-order valence-corrected chi connectivity index (χ4v) is 4.62. The van der Waals surface area contributed by atoms with Crippen molar-refractivity contribution in [2.75, 3.05) is 24.9 Å². The number of hydrogen-bond acceptors (Lipinski definition) is 7. The van der Waals surface area contributed by atoms with Crippen LogP contribution in [0.4, 0.5) is 29.3 Å². The first kappa shape index (κ1) is 32.4. The van der Waals surface area contributed by atoms with E-state index in [0.29, 0.717) is 22.2 Å². The summed E-state index contributed by atoms with van der Waals surface area (Å²) in [7, 11) is 2.64. The molecule has 0 saturated heterocycles. The Labute approximate surface area is 255 Å². The number of fused-ring (bicyclic) bond motifs is 1. The SMILES string of the molecule is COc1cc(NC(=O)Nc2c(C)cccc2C)c(C(=O)N[C@@H](Cc2c[nH]c3ccccc23)C(=O)OC(=O)C(F)(F)F)cc1OC. The van der Waals surface area contributed by atoms with Gasteiger partial charge in [-0.1, -0.05) is 36.4 Å². The van der Waals surface area contributed by atoms with Crippen molar-refractivity contribution in [3.05, 3.63) is 83.0 Å². The fourth-order valence-electron chi connectivity index (χ4n) is 4.62. The molecule has 0 aliphatic rings. The summed E-state index contributed by atoms with van der Waals surface area (Å²) in [6.45, 7) is 3.60. The first-order valence-electron chi connectivity index (χ1n) is 13.4. The summed E-state index contributed by atoms with van der Waals surface area (Å²) in [4.78, 5) is 54.1. The molecule has 0 unspecified atom stereocenters. The van der Waals surface area contributed by atoms with Gasteiger partial charge < -0.3 is 35.1 Å². The highest BCUT2D eigenvalue weighted by Crippen LogP contribution is 2.34. The van der Waals surface area contributed by atoms with Crippen molar-refractivity contribution >= 4 is 46.2 Å². The Bertz CT molecular complexity index is 1750. The third kappa shape index (κ3) is 7.52. The van der Waals surface area contributed by atoms with E-state index in [4.69, 9.17) is 9.47 Å². The highest BCUT2D eigenvalue weighted by Gasteiger charge is 2.43. The average Bonchev–Trinajstić information content (AvgIpc) is 3.40. The van der Waals surface area contributed by atoms with E-state index in [0.717, 1.165) is 11.1 Å². The second-order valence-electron chi connectivity index (χ2n) is 9.89. The number of aromatic amines is 1. The van der Waals surface area contributed by atoms with Gasteiger partial charge in [-0.15, -0.1) is 0 Å². The molecule has 0 aliphatic carbocycles. The number of esters is 2. The molecule has 236 valence electrons. The van der Waals surface area contributed by atoms with Crippen LogP contribution in [0, 0.1) is 13.8 Å². The number of aryl methyl sites for hydroxylation is 2. The van der Waals surface area contributed by atoms with Gasteiger partial charge in [0.1, 0.15) is 6.04 Å². The van der Waals surface area contributed by atoms with Crippen LogP contribution in [-0.4, -0.2) is 55.3 Å². The molecule has 0 aliphatic heterocycles. The largest absolute Gasteiger partial charge is 0.493 e. The molecule has 14 heteroatoms. The van der Waals surface area contributed by atoms with E-state index in [1.54, 1.807) is 50.2 Å². The molecule has 1 heterocycles. The first-order valence-corrected chi connectivity index (χ1v) is 13.4. The van der Waals surface area contributed by atoms with Crippen LogP contribution >= 0.6 is 0 Å². The van der Waals surface area contributed by atoms with Gasteiger partial charge in [0.05, 0.1) is 25.5 Å². The lowest BCUT2D eigenvalue weighted by Crippen LogP contribution is -2.45. The maximum Gasteiger partial charge on any atom is 0.491 e. The summed E-state index contributed by atoms with van der Waals surface area (Å²) in [5.41, 5.74) is 2.90. The molecule has 1 aromatic heterocycles. The minimum Gasteiger partial charge on any atom is -0.493 e. The Kier molecular flexibility index (Phi) is 9.65. The average molecular weight is 627 g/mol. The molecule has 0 fully saturated rings. The quantitative estimate of drug-likeness (QED) is 0.143. The first-order chi connectivity index (χ1) is 21.3. The molecule has 3 amide bonds. The molecule has 45 heavy (non-hydrogen) atoms. The summed E-state index contributed by atoms with van der Waals surface area (Å²) in [5.74, 6) is -5.16. The van der Waals surface area contributed by atoms with Gasteiger partial charge in [-0.05, 0) is 42.7 Å². The lowest BCUT2D eigenvalue weighted by atomic mass is 10.0. The molecule has 4 rings (SSSR count). The molecule has 4 aromatic rings. The van der Waals surface area contributed by atoms with Crippen molar-refractivity contribution in [1.29, 1.82) is 0 Å². The van der Waals surface area contributed by atoms with Crippen LogP contribution in [0.25, 0.3) is 10.9 Å². The number of hydrogen-bond donors (Lipinski definition) is 4. The van der Waals surface area contributed by atoms with Gasteiger partial charge in [-0.2, -0.15) is 13.2 Å². The predicted octanol–water partition coefficient (Wildman–Crippen LogP) is 5.42. The number of nitrogens with one attached hydrogen (secondary N) is 4. The van der Waals surface area contributed by atoms with Crippen LogP contribution in [0.15, 0.2) is 60.8 Å². The molecule has 0 bridgehead atoms. The van der Waals surface area contributed by atoms with E-state index in [1.807, 2.05) is 6.07 Å². The summed E-state index contributed by atoms with van der Waals surface area (Å²) in [6.07, 6.45) is -4.28. The number of para-hydroxylation sites is 2. The highest BCUT2D eigenvalue weighted by atomic mass is 19.4. The fraction of sp³-hybridized carbons (Fsp3) is 0.226. The Morgan fingerprint density at radius 3 is 2.18 bits per heavy atom. The number of benzene rings is 3. The smallest absolute Gasteiger partial charge is 0.491 e. The van der Waals surface area contributed by atoms with E-state index in [2.05, 4.69) is 25.7 Å². The lowest BCUT2D eigenvalue weighted by Gasteiger charge is -2.20. The monoisotopic (exact) mass is 626 g/mol. The van der Waals surface area contributed by atoms with Gasteiger partial charge in [0.2, 0.25) is 0 Å². The molecular weight excluding hydrogens is 597 g/mol. The van der Waals surface area contributed by atoms with Crippen molar-refractivity contribution < 1.29 is 46.6 Å². The molecule has 3 aromatic carbocycles. The number of anilines is 2. The molecular formula is C31H29F3N4O7. The number of ether oxygens (including phenoxy) is 3. The topological polar surface area (TPSA) is 148 Å². The number of carbonyl (C=O) groups is 4. The number of aromatic nitrogens is 1. The van der Waals surface area contributed by atoms with Gasteiger partial charge >= 0.3 is 24.1 Å². The normalized spacial score (nSPS) is 11.8. The number of amides is 3. The Hall–Kier alpha value is -5.53. The number of halogens is 3. The van der Waals surface area contributed by atoms with Crippen LogP contribution in [-0.2, 0) is 20.7 Å². The molecule has 11 nitrogen and oxygen atoms in total. The summed E-state index contributed by atoms with van der Waals surface area (Å²) in [6, 6.07) is 12.4. The van der Waals surface area contributed by atoms with Gasteiger partial charge in [0.25, 0.3) is 5.91 Å². The van der Waals surface area contributed by atoms with Crippen molar-refractivity contribution in [3.8, 4) is 11.5 Å². The van der Waals surface area contributed by atoms with Crippen LogP contribution in [0.3, 0.4) is 0 Å². The van der Waals surface area contributed by atoms with Gasteiger partial charge in [-0.25, -0.2) is 14.4 Å². The predicted molar refractivity (Wildman–Crippen MR) is 159 cm³/mol. The van der Waals surface area contributed by atoms with Crippen molar-refractivity contribution in [1.82, 2.24) is 10.3 Å². The number of methoxy groups -OCH3 is 2. The third-order valence-corrected chi connectivity index (χ3v) is 6.85. The maximum atomic E-state index is 13.7. The minimum atomic E-state index is -5.45. The molecule has 4 N–H and O–H groups in total. The zero-order chi connectivity index (χ0) is 32.9. The van der Waals surface area contributed by atoms with Crippen LogP contribution < -0.4 is 25.4 Å². The van der Waals surface area contributed by atoms with Crippen molar-refractivity contribution in [2.24, 2.45) is 0 Å². The minimum absolute atomic E-state index is 0.0753. The number of urea groups is 1. The maximum absolute atomic E-state index is 13.7. The molecule has 0 radical (unpaired) electrons. The summed E-state index contributed by atoms with van der Waals surface area (Å²) in [5, 5.41) is 8.28. The third-order valence-electron chi connectivity index (χ3n) is 6.85. The molecule has 0 spiro atoms. The van der Waals surface area contributed by atoms with E-state index in [1.165, 1.54) is 32.5 Å². The summed E-state index contributed by atoms with van der Waals surface area (Å²) >= 11 is 0.